The Morgan fingerprint density at radius 2 is 2.05 bits per heavy atom. The fourth-order valence-electron chi connectivity index (χ4n) is 1.73. The van der Waals surface area contributed by atoms with E-state index in [2.05, 4.69) is 0 Å². The normalized spacial score (nSPS) is 10.2. The van der Waals surface area contributed by atoms with Crippen LogP contribution < -0.4 is 16.2 Å². The number of anilines is 1. The fraction of sp³-hybridized carbons (Fsp3) is 0.133. The number of hydrogen-bond donors (Lipinski definition) is 2. The van der Waals surface area contributed by atoms with E-state index < -0.39 is 5.91 Å². The van der Waals surface area contributed by atoms with E-state index >= 15 is 0 Å². The number of carbonyl (C=O) groups is 1. The molecule has 0 saturated heterocycles. The van der Waals surface area contributed by atoms with Gasteiger partial charge in [0.15, 0.2) is 0 Å². The molecule has 0 unspecified atom stereocenters. The Morgan fingerprint density at radius 3 is 2.70 bits per heavy atom. The number of hydrogen-bond acceptors (Lipinski definition) is 4. The number of amides is 1. The molecular weight excluding hydrogens is 272 g/mol. The van der Waals surface area contributed by atoms with E-state index in [1.54, 1.807) is 31.0 Å². The zero-order valence-corrected chi connectivity index (χ0v) is 11.9. The van der Waals surface area contributed by atoms with Crippen molar-refractivity contribution >= 4 is 23.4 Å². The second-order valence-electron chi connectivity index (χ2n) is 4.25. The third-order valence-electron chi connectivity index (χ3n) is 2.87. The van der Waals surface area contributed by atoms with Gasteiger partial charge in [-0.05, 0) is 35.9 Å². The number of carbonyl (C=O) groups excluding carboxylic acids is 1. The van der Waals surface area contributed by atoms with Crippen LogP contribution in [0.25, 0.3) is 0 Å². The molecule has 0 aliphatic carbocycles. The summed E-state index contributed by atoms with van der Waals surface area (Å²) in [5, 5.41) is 0. The molecule has 0 aromatic heterocycles. The van der Waals surface area contributed by atoms with Gasteiger partial charge in [0, 0.05) is 21.9 Å². The van der Waals surface area contributed by atoms with Crippen molar-refractivity contribution in [3.8, 4) is 5.75 Å². The second-order valence-corrected chi connectivity index (χ2v) is 5.29. The number of rotatable bonds is 5. The Kier molecular flexibility index (Phi) is 4.53. The summed E-state index contributed by atoms with van der Waals surface area (Å²) < 4.78 is 5.18. The van der Waals surface area contributed by atoms with Gasteiger partial charge in [-0.2, -0.15) is 0 Å². The molecule has 4 N–H and O–H groups in total. The average molecular weight is 288 g/mol. The molecule has 0 heterocycles. The maximum atomic E-state index is 11.1. The molecule has 0 bridgehead atoms. The molecule has 0 aliphatic rings. The van der Waals surface area contributed by atoms with Crippen LogP contribution in [0.2, 0.25) is 0 Å². The van der Waals surface area contributed by atoms with Gasteiger partial charge in [-0.25, -0.2) is 0 Å². The van der Waals surface area contributed by atoms with Crippen LogP contribution in [-0.4, -0.2) is 13.0 Å². The van der Waals surface area contributed by atoms with Crippen LogP contribution in [0.3, 0.4) is 0 Å². The Balaban J connectivity index is 2.08. The number of primary amides is 1. The van der Waals surface area contributed by atoms with E-state index in [-0.39, 0.29) is 0 Å². The van der Waals surface area contributed by atoms with E-state index in [9.17, 15) is 4.79 Å². The fourth-order valence-corrected chi connectivity index (χ4v) is 2.69. The lowest BCUT2D eigenvalue weighted by Crippen LogP contribution is -2.11. The third kappa shape index (κ3) is 3.45. The smallest absolute Gasteiger partial charge is 0.248 e. The summed E-state index contributed by atoms with van der Waals surface area (Å²) in [4.78, 5) is 12.2. The molecule has 5 heteroatoms. The Hall–Kier alpha value is -2.14. The van der Waals surface area contributed by atoms with E-state index in [0.717, 1.165) is 22.0 Å². The first-order valence-electron chi connectivity index (χ1n) is 6.05. The zero-order valence-electron chi connectivity index (χ0n) is 11.1. The van der Waals surface area contributed by atoms with Gasteiger partial charge < -0.3 is 16.2 Å². The first-order valence-corrected chi connectivity index (χ1v) is 7.04. The Bertz CT molecular complexity index is 629. The summed E-state index contributed by atoms with van der Waals surface area (Å²) in [7, 11) is 1.64. The molecule has 0 saturated carbocycles. The van der Waals surface area contributed by atoms with Crippen molar-refractivity contribution in [1.82, 2.24) is 0 Å². The van der Waals surface area contributed by atoms with Gasteiger partial charge in [-0.3, -0.25) is 4.79 Å². The SMILES string of the molecule is COc1cccc(SCc2ccc(C(N)=O)cc2N)c1. The van der Waals surface area contributed by atoms with Crippen LogP contribution in [0.15, 0.2) is 47.4 Å². The molecule has 0 radical (unpaired) electrons. The minimum absolute atomic E-state index is 0.428. The lowest BCUT2D eigenvalue weighted by molar-refractivity contribution is 0.100. The summed E-state index contributed by atoms with van der Waals surface area (Å²) in [6, 6.07) is 13.0. The van der Waals surface area contributed by atoms with Gasteiger partial charge in [0.1, 0.15) is 5.75 Å². The predicted molar refractivity (Wildman–Crippen MR) is 81.9 cm³/mol. The lowest BCUT2D eigenvalue weighted by atomic mass is 10.1. The molecule has 0 spiro atoms. The molecule has 0 atom stereocenters. The van der Waals surface area contributed by atoms with E-state index in [0.29, 0.717) is 11.3 Å². The highest BCUT2D eigenvalue weighted by Gasteiger charge is 2.06. The minimum Gasteiger partial charge on any atom is -0.497 e. The third-order valence-corrected chi connectivity index (χ3v) is 3.91. The van der Waals surface area contributed by atoms with Crippen molar-refractivity contribution in [3.05, 3.63) is 53.6 Å². The molecule has 2 rings (SSSR count). The van der Waals surface area contributed by atoms with Crippen molar-refractivity contribution in [2.75, 3.05) is 12.8 Å². The summed E-state index contributed by atoms with van der Waals surface area (Å²) in [6.45, 7) is 0. The minimum atomic E-state index is -0.469. The number of nitrogens with two attached hydrogens (primary N) is 2. The van der Waals surface area contributed by atoms with Gasteiger partial charge in [0.2, 0.25) is 5.91 Å². The maximum Gasteiger partial charge on any atom is 0.248 e. The first kappa shape index (κ1) is 14.3. The van der Waals surface area contributed by atoms with Crippen molar-refractivity contribution in [3.63, 3.8) is 0 Å². The summed E-state index contributed by atoms with van der Waals surface area (Å²) in [6.07, 6.45) is 0. The molecule has 104 valence electrons. The zero-order chi connectivity index (χ0) is 14.5. The molecule has 1 amide bonds. The van der Waals surface area contributed by atoms with E-state index in [1.165, 1.54) is 0 Å². The second kappa shape index (κ2) is 6.34. The van der Waals surface area contributed by atoms with Crippen LogP contribution in [-0.2, 0) is 5.75 Å². The van der Waals surface area contributed by atoms with E-state index in [1.807, 2.05) is 30.3 Å². The van der Waals surface area contributed by atoms with Crippen molar-refractivity contribution in [1.29, 1.82) is 0 Å². The van der Waals surface area contributed by atoms with Crippen LogP contribution in [0, 0.1) is 0 Å². The van der Waals surface area contributed by atoms with Gasteiger partial charge in [-0.1, -0.05) is 12.1 Å². The molecule has 2 aromatic carbocycles. The van der Waals surface area contributed by atoms with Gasteiger partial charge in [0.25, 0.3) is 0 Å². The Morgan fingerprint density at radius 1 is 1.25 bits per heavy atom. The molecule has 0 fully saturated rings. The molecule has 4 nitrogen and oxygen atoms in total. The maximum absolute atomic E-state index is 11.1. The number of thioether (sulfide) groups is 1. The molecular formula is C15H16N2O2S. The highest BCUT2D eigenvalue weighted by Crippen LogP contribution is 2.28. The van der Waals surface area contributed by atoms with Crippen LogP contribution in [0.4, 0.5) is 5.69 Å². The van der Waals surface area contributed by atoms with Crippen LogP contribution in [0.5, 0.6) is 5.75 Å². The van der Waals surface area contributed by atoms with Crippen molar-refractivity contribution < 1.29 is 9.53 Å². The monoisotopic (exact) mass is 288 g/mol. The highest BCUT2D eigenvalue weighted by molar-refractivity contribution is 7.98. The van der Waals surface area contributed by atoms with Crippen LogP contribution in [0.1, 0.15) is 15.9 Å². The van der Waals surface area contributed by atoms with Gasteiger partial charge in [0.05, 0.1) is 7.11 Å². The molecule has 2 aromatic rings. The largest absolute Gasteiger partial charge is 0.497 e. The Labute approximate surface area is 122 Å². The topological polar surface area (TPSA) is 78.3 Å². The number of ether oxygens (including phenoxy) is 1. The number of nitrogen functional groups attached to an aromatic ring is 1. The van der Waals surface area contributed by atoms with E-state index in [4.69, 9.17) is 16.2 Å². The van der Waals surface area contributed by atoms with Crippen molar-refractivity contribution in [2.24, 2.45) is 5.73 Å². The van der Waals surface area contributed by atoms with Gasteiger partial charge >= 0.3 is 0 Å². The summed E-state index contributed by atoms with van der Waals surface area (Å²) in [5.41, 5.74) is 13.1. The first-order chi connectivity index (χ1) is 9.60. The van der Waals surface area contributed by atoms with Crippen LogP contribution >= 0.6 is 11.8 Å². The lowest BCUT2D eigenvalue weighted by Gasteiger charge is -2.08. The van der Waals surface area contributed by atoms with Crippen molar-refractivity contribution in [2.45, 2.75) is 10.6 Å². The molecule has 0 aliphatic heterocycles. The summed E-state index contributed by atoms with van der Waals surface area (Å²) in [5.74, 6) is 1.08. The predicted octanol–water partition coefficient (Wildman–Crippen LogP) is 2.67. The van der Waals surface area contributed by atoms with Gasteiger partial charge in [-0.15, -0.1) is 11.8 Å². The highest BCUT2D eigenvalue weighted by atomic mass is 32.2. The quantitative estimate of drug-likeness (QED) is 0.655. The average Bonchev–Trinajstić information content (AvgIpc) is 2.46. The standard InChI is InChI=1S/C15H16N2O2S/c1-19-12-3-2-4-13(8-12)20-9-11-6-5-10(15(17)18)7-14(11)16/h2-8H,9,16H2,1H3,(H2,17,18). The summed E-state index contributed by atoms with van der Waals surface area (Å²) >= 11 is 1.66. The number of methoxy groups -OCH3 is 1. The number of benzene rings is 2. The molecule has 20 heavy (non-hydrogen) atoms.